The number of carbonyl (C=O) groups is 2. The quantitative estimate of drug-likeness (QED) is 0.389. The van der Waals surface area contributed by atoms with E-state index in [9.17, 15) is 9.59 Å². The summed E-state index contributed by atoms with van der Waals surface area (Å²) in [6.45, 7) is 1.67. The van der Waals surface area contributed by atoms with Crippen molar-refractivity contribution in [3.8, 4) is 0 Å². The predicted octanol–water partition coefficient (Wildman–Crippen LogP) is 4.50. The van der Waals surface area contributed by atoms with E-state index < -0.39 is 17.4 Å². The maximum atomic E-state index is 13.4. The highest BCUT2D eigenvalue weighted by Gasteiger charge is 2.46. The number of esters is 2. The molecule has 0 bridgehead atoms. The second kappa shape index (κ2) is 7.79. The Morgan fingerprint density at radius 3 is 1.35 bits per heavy atom. The number of rotatable bonds is 5. The molecule has 0 spiro atoms. The largest absolute Gasteiger partial charge is 0.392 e. The molecule has 3 heteroatoms. The molecule has 3 aromatic rings. The zero-order valence-corrected chi connectivity index (χ0v) is 14.6. The first-order chi connectivity index (χ1) is 12.7. The SMILES string of the molecule is CCC(=O)OC(=O)C(c1ccccc1)(c1ccccc1)c1ccccc1. The molecule has 0 radical (unpaired) electrons. The van der Waals surface area contributed by atoms with Crippen molar-refractivity contribution in [2.45, 2.75) is 18.8 Å². The van der Waals surface area contributed by atoms with E-state index in [1.54, 1.807) is 6.92 Å². The molecule has 0 fully saturated rings. The van der Waals surface area contributed by atoms with Crippen molar-refractivity contribution in [3.05, 3.63) is 108 Å². The lowest BCUT2D eigenvalue weighted by Crippen LogP contribution is -2.41. The Hall–Kier alpha value is -3.20. The molecule has 0 atom stereocenters. The van der Waals surface area contributed by atoms with Gasteiger partial charge in [0.2, 0.25) is 0 Å². The molecular formula is C23H20O3. The van der Waals surface area contributed by atoms with Gasteiger partial charge in [0.15, 0.2) is 0 Å². The van der Waals surface area contributed by atoms with Crippen LogP contribution in [0.1, 0.15) is 30.0 Å². The normalized spacial score (nSPS) is 11.0. The van der Waals surface area contributed by atoms with E-state index in [0.717, 1.165) is 16.7 Å². The summed E-state index contributed by atoms with van der Waals surface area (Å²) in [6.07, 6.45) is 0.139. The van der Waals surface area contributed by atoms with E-state index in [-0.39, 0.29) is 6.42 Å². The summed E-state index contributed by atoms with van der Waals surface area (Å²) in [7, 11) is 0. The highest BCUT2D eigenvalue weighted by Crippen LogP contribution is 2.40. The van der Waals surface area contributed by atoms with Crippen LogP contribution < -0.4 is 0 Å². The van der Waals surface area contributed by atoms with Gasteiger partial charge in [-0.2, -0.15) is 0 Å². The van der Waals surface area contributed by atoms with Gasteiger partial charge < -0.3 is 4.74 Å². The Balaban J connectivity index is 2.32. The zero-order chi connectivity index (χ0) is 18.4. The van der Waals surface area contributed by atoms with Crippen LogP contribution in [0.15, 0.2) is 91.0 Å². The first-order valence-electron chi connectivity index (χ1n) is 8.61. The van der Waals surface area contributed by atoms with Crippen LogP contribution in [0, 0.1) is 0 Å². The number of carbonyl (C=O) groups excluding carboxylic acids is 2. The molecule has 0 unspecified atom stereocenters. The van der Waals surface area contributed by atoms with E-state index in [4.69, 9.17) is 4.74 Å². The lowest BCUT2D eigenvalue weighted by molar-refractivity contribution is -0.161. The van der Waals surface area contributed by atoms with Crippen LogP contribution in [-0.4, -0.2) is 11.9 Å². The van der Waals surface area contributed by atoms with Crippen LogP contribution in [0.5, 0.6) is 0 Å². The van der Waals surface area contributed by atoms with Gasteiger partial charge >= 0.3 is 11.9 Å². The van der Waals surface area contributed by atoms with Crippen LogP contribution in [0.2, 0.25) is 0 Å². The van der Waals surface area contributed by atoms with Crippen molar-refractivity contribution < 1.29 is 14.3 Å². The minimum absolute atomic E-state index is 0.139. The summed E-state index contributed by atoms with van der Waals surface area (Å²) in [5.74, 6) is -1.13. The van der Waals surface area contributed by atoms with Crippen molar-refractivity contribution in [1.29, 1.82) is 0 Å². The Kier molecular flexibility index (Phi) is 5.28. The lowest BCUT2D eigenvalue weighted by Gasteiger charge is -2.33. The van der Waals surface area contributed by atoms with Gasteiger partial charge in [0.25, 0.3) is 0 Å². The van der Waals surface area contributed by atoms with Crippen molar-refractivity contribution in [3.63, 3.8) is 0 Å². The van der Waals surface area contributed by atoms with Crippen molar-refractivity contribution in [1.82, 2.24) is 0 Å². The molecule has 130 valence electrons. The summed E-state index contributed by atoms with van der Waals surface area (Å²) in [5, 5.41) is 0. The van der Waals surface area contributed by atoms with Gasteiger partial charge in [-0.05, 0) is 16.7 Å². The molecule has 0 aromatic heterocycles. The van der Waals surface area contributed by atoms with Gasteiger partial charge in [-0.1, -0.05) is 97.9 Å². The second-order valence-corrected chi connectivity index (χ2v) is 5.96. The van der Waals surface area contributed by atoms with Gasteiger partial charge in [0, 0.05) is 6.42 Å². The maximum absolute atomic E-state index is 13.4. The molecule has 3 aromatic carbocycles. The van der Waals surface area contributed by atoms with Crippen LogP contribution >= 0.6 is 0 Å². The van der Waals surface area contributed by atoms with Crippen LogP contribution in [0.3, 0.4) is 0 Å². The van der Waals surface area contributed by atoms with E-state index >= 15 is 0 Å². The lowest BCUT2D eigenvalue weighted by atomic mass is 9.69. The number of hydrogen-bond acceptors (Lipinski definition) is 3. The Labute approximate surface area is 153 Å². The summed E-state index contributed by atoms with van der Waals surface area (Å²) < 4.78 is 5.25. The fourth-order valence-corrected chi connectivity index (χ4v) is 3.17. The van der Waals surface area contributed by atoms with Gasteiger partial charge in [0.1, 0.15) is 5.41 Å². The second-order valence-electron chi connectivity index (χ2n) is 5.96. The van der Waals surface area contributed by atoms with Gasteiger partial charge in [0.05, 0.1) is 0 Å². The zero-order valence-electron chi connectivity index (χ0n) is 14.6. The molecule has 0 aliphatic carbocycles. The molecular weight excluding hydrogens is 324 g/mol. The minimum atomic E-state index is -1.21. The molecule has 3 rings (SSSR count). The highest BCUT2D eigenvalue weighted by atomic mass is 16.6. The van der Waals surface area contributed by atoms with Gasteiger partial charge in [-0.15, -0.1) is 0 Å². The van der Waals surface area contributed by atoms with Crippen LogP contribution in [-0.2, 0) is 19.7 Å². The molecule has 0 N–H and O–H groups in total. The fourth-order valence-electron chi connectivity index (χ4n) is 3.17. The molecule has 26 heavy (non-hydrogen) atoms. The standard InChI is InChI=1S/C23H20O3/c1-2-21(24)26-22(25)23(18-12-6-3-7-13-18,19-14-8-4-9-15-19)20-16-10-5-11-17-20/h3-17H,2H2,1H3. The van der Waals surface area contributed by atoms with Crippen molar-refractivity contribution in [2.75, 3.05) is 0 Å². The van der Waals surface area contributed by atoms with E-state index in [1.165, 1.54) is 0 Å². The molecule has 3 nitrogen and oxygen atoms in total. The average molecular weight is 344 g/mol. The average Bonchev–Trinajstić information content (AvgIpc) is 2.71. The Morgan fingerprint density at radius 2 is 1.04 bits per heavy atom. The van der Waals surface area contributed by atoms with Gasteiger partial charge in [-0.25, -0.2) is 4.79 Å². The molecule has 0 saturated heterocycles. The summed E-state index contributed by atoms with van der Waals surface area (Å²) >= 11 is 0. The van der Waals surface area contributed by atoms with Crippen molar-refractivity contribution in [2.24, 2.45) is 0 Å². The van der Waals surface area contributed by atoms with E-state index in [1.807, 2.05) is 91.0 Å². The Bertz CT molecular complexity index is 774. The van der Waals surface area contributed by atoms with Gasteiger partial charge in [-0.3, -0.25) is 4.79 Å². The monoisotopic (exact) mass is 344 g/mol. The summed E-state index contributed by atoms with van der Waals surface area (Å²) in [5.41, 5.74) is 1.05. The molecule has 0 aliphatic heterocycles. The number of ether oxygens (including phenoxy) is 1. The molecule has 0 aliphatic rings. The summed E-state index contributed by atoms with van der Waals surface area (Å²) in [6, 6.07) is 28.3. The number of benzene rings is 3. The third-order valence-corrected chi connectivity index (χ3v) is 4.42. The fraction of sp³-hybridized carbons (Fsp3) is 0.130. The maximum Gasteiger partial charge on any atom is 0.333 e. The van der Waals surface area contributed by atoms with Crippen LogP contribution in [0.4, 0.5) is 0 Å². The van der Waals surface area contributed by atoms with E-state index in [2.05, 4.69) is 0 Å². The topological polar surface area (TPSA) is 43.4 Å². The predicted molar refractivity (Wildman–Crippen MR) is 101 cm³/mol. The van der Waals surface area contributed by atoms with Crippen LogP contribution in [0.25, 0.3) is 0 Å². The van der Waals surface area contributed by atoms with E-state index in [0.29, 0.717) is 0 Å². The highest BCUT2D eigenvalue weighted by molar-refractivity contribution is 5.98. The Morgan fingerprint density at radius 1 is 0.692 bits per heavy atom. The third kappa shape index (κ3) is 3.16. The minimum Gasteiger partial charge on any atom is -0.392 e. The first kappa shape index (κ1) is 17.6. The van der Waals surface area contributed by atoms with Crippen molar-refractivity contribution >= 4 is 11.9 Å². The number of hydrogen-bond donors (Lipinski definition) is 0. The summed E-state index contributed by atoms with van der Waals surface area (Å²) in [4.78, 5) is 25.3. The first-order valence-corrected chi connectivity index (χ1v) is 8.61. The molecule has 0 amide bonds. The molecule has 0 heterocycles. The smallest absolute Gasteiger partial charge is 0.333 e. The molecule has 0 saturated carbocycles. The third-order valence-electron chi connectivity index (χ3n) is 4.42.